The summed E-state index contributed by atoms with van der Waals surface area (Å²) < 4.78 is 31.7. The molecule has 0 fully saturated rings. The molecule has 3 aromatic heterocycles. The molecule has 0 radical (unpaired) electrons. The molecule has 27 heavy (non-hydrogen) atoms. The van der Waals surface area contributed by atoms with E-state index in [9.17, 15) is 8.42 Å². The van der Waals surface area contributed by atoms with Crippen molar-refractivity contribution in [2.75, 3.05) is 5.73 Å². The van der Waals surface area contributed by atoms with Crippen molar-refractivity contribution in [2.24, 2.45) is 0 Å². The molecule has 3 heterocycles. The first-order chi connectivity index (χ1) is 13.0. The van der Waals surface area contributed by atoms with E-state index in [0.29, 0.717) is 5.52 Å². The number of thiazole rings is 1. The van der Waals surface area contributed by atoms with Crippen molar-refractivity contribution in [3.05, 3.63) is 52.7 Å². The summed E-state index contributed by atoms with van der Waals surface area (Å²) in [7, 11) is -3.85. The third-order valence-electron chi connectivity index (χ3n) is 3.85. The quantitative estimate of drug-likeness (QED) is 0.527. The summed E-state index contributed by atoms with van der Waals surface area (Å²) in [6, 6.07) is 8.06. The molecule has 0 atom stereocenters. The lowest BCUT2D eigenvalue weighted by atomic mass is 10.4. The zero-order chi connectivity index (χ0) is 19.0. The summed E-state index contributed by atoms with van der Waals surface area (Å²) >= 11 is 1.47. The number of nitrogens with zero attached hydrogens (tertiary/aromatic N) is 3. The summed E-state index contributed by atoms with van der Waals surface area (Å²) in [4.78, 5) is 15.4. The zero-order valence-corrected chi connectivity index (χ0v) is 15.8. The number of nitrogens with one attached hydrogen (secondary N) is 1. The summed E-state index contributed by atoms with van der Waals surface area (Å²) in [6.07, 6.45) is 1.25. The van der Waals surface area contributed by atoms with Gasteiger partial charge in [0, 0.05) is 11.1 Å². The van der Waals surface area contributed by atoms with E-state index < -0.39 is 9.84 Å². The summed E-state index contributed by atoms with van der Waals surface area (Å²) in [5.41, 5.74) is 7.42. The first-order valence-electron chi connectivity index (χ1n) is 7.93. The Hall–Kier alpha value is -2.98. The van der Waals surface area contributed by atoms with Crippen molar-refractivity contribution in [2.45, 2.75) is 23.3 Å². The first-order valence-corrected chi connectivity index (χ1v) is 10.3. The molecule has 8 nitrogen and oxygen atoms in total. The molecule has 4 aromatic rings. The van der Waals surface area contributed by atoms with Crippen LogP contribution in [0.3, 0.4) is 0 Å². The second kappa shape index (κ2) is 6.63. The van der Waals surface area contributed by atoms with Crippen molar-refractivity contribution < 1.29 is 13.2 Å². The van der Waals surface area contributed by atoms with Crippen molar-refractivity contribution >= 4 is 38.0 Å². The third kappa shape index (κ3) is 3.13. The van der Waals surface area contributed by atoms with Crippen molar-refractivity contribution in [3.63, 3.8) is 0 Å². The maximum Gasteiger partial charge on any atom is 0.242 e. The molecule has 3 N–H and O–H groups in total. The van der Waals surface area contributed by atoms with Crippen LogP contribution in [0.1, 0.15) is 10.7 Å². The van der Waals surface area contributed by atoms with Crippen LogP contribution >= 0.6 is 11.3 Å². The van der Waals surface area contributed by atoms with Gasteiger partial charge in [0.2, 0.25) is 15.7 Å². The van der Waals surface area contributed by atoms with Crippen LogP contribution in [0.25, 0.3) is 11.0 Å². The second-order valence-corrected chi connectivity index (χ2v) is 8.59. The number of ether oxygens (including phenoxy) is 1. The number of sulfone groups is 1. The Kier molecular flexibility index (Phi) is 4.28. The molecule has 0 bridgehead atoms. The minimum atomic E-state index is -3.85. The van der Waals surface area contributed by atoms with Crippen molar-refractivity contribution in [3.8, 4) is 5.88 Å². The Labute approximate surface area is 159 Å². The maximum atomic E-state index is 13.0. The zero-order valence-electron chi connectivity index (χ0n) is 14.2. The lowest BCUT2D eigenvalue weighted by molar-refractivity contribution is 0.296. The van der Waals surface area contributed by atoms with Crippen LogP contribution in [-0.4, -0.2) is 28.4 Å². The number of benzene rings is 1. The molecule has 1 aromatic carbocycles. The Morgan fingerprint density at radius 2 is 2.00 bits per heavy atom. The van der Waals surface area contributed by atoms with Crippen LogP contribution < -0.4 is 10.5 Å². The molecular weight excluding hydrogens is 386 g/mol. The molecule has 0 amide bonds. The van der Waals surface area contributed by atoms with E-state index in [-0.39, 0.29) is 33.6 Å². The number of nitrogen functional groups attached to an aromatic ring is 1. The molecule has 0 aliphatic heterocycles. The number of H-pyrrole nitrogens is 1. The highest BCUT2D eigenvalue weighted by molar-refractivity contribution is 7.92. The van der Waals surface area contributed by atoms with E-state index in [1.54, 1.807) is 18.2 Å². The van der Waals surface area contributed by atoms with Gasteiger partial charge in [-0.2, -0.15) is 4.98 Å². The van der Waals surface area contributed by atoms with Gasteiger partial charge in [-0.15, -0.1) is 11.3 Å². The highest BCUT2D eigenvalue weighted by atomic mass is 32.2. The first kappa shape index (κ1) is 17.4. The van der Waals surface area contributed by atoms with E-state index in [4.69, 9.17) is 10.5 Å². The van der Waals surface area contributed by atoms with Crippen molar-refractivity contribution in [1.82, 2.24) is 19.9 Å². The summed E-state index contributed by atoms with van der Waals surface area (Å²) in [5.74, 6) is 0.207. The molecule has 0 aliphatic rings. The van der Waals surface area contributed by atoms with Gasteiger partial charge in [0.1, 0.15) is 39.7 Å². The van der Waals surface area contributed by atoms with Gasteiger partial charge < -0.3 is 15.5 Å². The predicted molar refractivity (Wildman–Crippen MR) is 101 cm³/mol. The SMILES string of the molecule is Cc1csc(COc2ncnc3c(S(=O)(=O)c4ccccc4)c(N)[nH]c23)n1. The second-order valence-electron chi connectivity index (χ2n) is 5.76. The molecule has 10 heteroatoms. The van der Waals surface area contributed by atoms with E-state index in [0.717, 1.165) is 10.7 Å². The molecular formula is C17H15N5O3S2. The van der Waals surface area contributed by atoms with Gasteiger partial charge in [-0.1, -0.05) is 18.2 Å². The Morgan fingerprint density at radius 3 is 2.70 bits per heavy atom. The van der Waals surface area contributed by atoms with Crippen LogP contribution in [0.15, 0.2) is 51.8 Å². The monoisotopic (exact) mass is 401 g/mol. The van der Waals surface area contributed by atoms with Crippen LogP contribution in [0, 0.1) is 6.92 Å². The largest absolute Gasteiger partial charge is 0.469 e. The topological polar surface area (TPSA) is 124 Å². The lowest BCUT2D eigenvalue weighted by Gasteiger charge is -2.05. The fraction of sp³-hybridized carbons (Fsp3) is 0.118. The van der Waals surface area contributed by atoms with Crippen LogP contribution in [-0.2, 0) is 16.4 Å². The van der Waals surface area contributed by atoms with Crippen LogP contribution in [0.5, 0.6) is 5.88 Å². The van der Waals surface area contributed by atoms with E-state index in [1.807, 2.05) is 12.3 Å². The molecule has 0 spiro atoms. The number of fused-ring (bicyclic) bond motifs is 1. The maximum absolute atomic E-state index is 13.0. The fourth-order valence-electron chi connectivity index (χ4n) is 2.67. The number of aromatic amines is 1. The van der Waals surface area contributed by atoms with Gasteiger partial charge >= 0.3 is 0 Å². The third-order valence-corrected chi connectivity index (χ3v) is 6.64. The molecule has 4 rings (SSSR count). The molecule has 0 aliphatic carbocycles. The number of anilines is 1. The average Bonchev–Trinajstić information content (AvgIpc) is 3.23. The number of nitrogens with two attached hydrogens (primary N) is 1. The number of aryl methyl sites for hydroxylation is 1. The van der Waals surface area contributed by atoms with Gasteiger partial charge in [0.05, 0.1) is 4.90 Å². The predicted octanol–water partition coefficient (Wildman–Crippen LogP) is 2.72. The number of hydrogen-bond donors (Lipinski definition) is 2. The van der Waals surface area contributed by atoms with Crippen LogP contribution in [0.2, 0.25) is 0 Å². The normalized spacial score (nSPS) is 11.7. The van der Waals surface area contributed by atoms with Crippen molar-refractivity contribution in [1.29, 1.82) is 0 Å². The highest BCUT2D eigenvalue weighted by Gasteiger charge is 2.28. The van der Waals surface area contributed by atoms with Gasteiger partial charge in [-0.3, -0.25) is 0 Å². The Morgan fingerprint density at radius 1 is 1.22 bits per heavy atom. The summed E-state index contributed by atoms with van der Waals surface area (Å²) in [5, 5.41) is 2.71. The smallest absolute Gasteiger partial charge is 0.242 e. The summed E-state index contributed by atoms with van der Waals surface area (Å²) in [6.45, 7) is 2.11. The van der Waals surface area contributed by atoms with Gasteiger partial charge in [-0.05, 0) is 19.1 Å². The average molecular weight is 401 g/mol. The molecule has 0 saturated carbocycles. The minimum absolute atomic E-state index is 0.00991. The highest BCUT2D eigenvalue weighted by Crippen LogP contribution is 2.34. The van der Waals surface area contributed by atoms with E-state index >= 15 is 0 Å². The molecule has 138 valence electrons. The number of rotatable bonds is 5. The Bertz CT molecular complexity index is 1220. The van der Waals surface area contributed by atoms with E-state index in [1.165, 1.54) is 29.8 Å². The van der Waals surface area contributed by atoms with Gasteiger partial charge in [-0.25, -0.2) is 18.4 Å². The molecule has 0 unspecified atom stereocenters. The standard InChI is InChI=1S/C17H15N5O3S2/c1-10-8-26-12(21-10)7-25-17-14-13(19-9-20-17)15(16(18)22-14)27(23,24)11-5-3-2-4-6-11/h2-6,8-9,22H,7,18H2,1H3. The van der Waals surface area contributed by atoms with Gasteiger partial charge in [0.25, 0.3) is 0 Å². The van der Waals surface area contributed by atoms with Gasteiger partial charge in [0.15, 0.2) is 0 Å². The fourth-order valence-corrected chi connectivity index (χ4v) is 4.86. The van der Waals surface area contributed by atoms with Crippen LogP contribution in [0.4, 0.5) is 5.82 Å². The number of aromatic nitrogens is 4. The minimum Gasteiger partial charge on any atom is -0.469 e. The Balaban J connectivity index is 1.77. The van der Waals surface area contributed by atoms with E-state index in [2.05, 4.69) is 19.9 Å². The lowest BCUT2D eigenvalue weighted by Crippen LogP contribution is -2.05. The molecule has 0 saturated heterocycles. The number of hydrogen-bond acceptors (Lipinski definition) is 8.